The highest BCUT2D eigenvalue weighted by Crippen LogP contribution is 2.13. The van der Waals surface area contributed by atoms with Crippen molar-refractivity contribution in [3.8, 4) is 0 Å². The molecule has 5 heteroatoms. The van der Waals surface area contributed by atoms with Crippen LogP contribution in [0.25, 0.3) is 10.2 Å². The third-order valence-electron chi connectivity index (χ3n) is 2.72. The Bertz CT molecular complexity index is 746. The molecule has 0 aliphatic rings. The van der Waals surface area contributed by atoms with Crippen molar-refractivity contribution in [1.82, 2.24) is 9.55 Å². The van der Waals surface area contributed by atoms with Crippen LogP contribution in [0.3, 0.4) is 0 Å². The molecule has 0 unspecified atom stereocenters. The number of nitrogens with zero attached hydrogens (tertiary/aromatic N) is 2. The molecule has 0 saturated carbocycles. The summed E-state index contributed by atoms with van der Waals surface area (Å²) in [6.45, 7) is 0.401. The fourth-order valence-electron chi connectivity index (χ4n) is 1.79. The normalized spacial score (nSPS) is 10.9. The molecule has 90 valence electrons. The van der Waals surface area contributed by atoms with Crippen LogP contribution in [-0.4, -0.2) is 9.55 Å². The molecule has 0 aliphatic heterocycles. The summed E-state index contributed by atoms with van der Waals surface area (Å²) in [5.41, 5.74) is 0.806. The van der Waals surface area contributed by atoms with E-state index in [-0.39, 0.29) is 11.4 Å². The van der Waals surface area contributed by atoms with Gasteiger partial charge in [-0.3, -0.25) is 9.36 Å². The molecule has 18 heavy (non-hydrogen) atoms. The number of rotatable bonds is 2. The van der Waals surface area contributed by atoms with E-state index in [0.717, 1.165) is 10.4 Å². The zero-order chi connectivity index (χ0) is 12.5. The lowest BCUT2D eigenvalue weighted by atomic mass is 10.2. The van der Waals surface area contributed by atoms with E-state index in [0.29, 0.717) is 11.9 Å². The summed E-state index contributed by atoms with van der Waals surface area (Å²) in [4.78, 5) is 17.1. The summed E-state index contributed by atoms with van der Waals surface area (Å²) in [5.74, 6) is -0.280. The van der Waals surface area contributed by atoms with Crippen LogP contribution in [-0.2, 0) is 6.54 Å². The van der Waals surface area contributed by atoms with E-state index in [9.17, 15) is 9.18 Å². The molecule has 1 aromatic carbocycles. The summed E-state index contributed by atoms with van der Waals surface area (Å²) in [6, 6.07) is 7.88. The van der Waals surface area contributed by atoms with Gasteiger partial charge in [-0.05, 0) is 29.1 Å². The summed E-state index contributed by atoms with van der Waals surface area (Å²) in [7, 11) is 0. The Kier molecular flexibility index (Phi) is 2.68. The van der Waals surface area contributed by atoms with Gasteiger partial charge in [0.1, 0.15) is 10.6 Å². The van der Waals surface area contributed by atoms with Gasteiger partial charge in [0, 0.05) is 0 Å². The van der Waals surface area contributed by atoms with E-state index < -0.39 is 0 Å². The molecule has 2 heterocycles. The summed E-state index contributed by atoms with van der Waals surface area (Å²) >= 11 is 1.44. The lowest BCUT2D eigenvalue weighted by molar-refractivity contribution is 0.626. The first-order valence-corrected chi connectivity index (χ1v) is 6.29. The fourth-order valence-corrected chi connectivity index (χ4v) is 2.52. The van der Waals surface area contributed by atoms with Gasteiger partial charge in [-0.25, -0.2) is 9.37 Å². The van der Waals surface area contributed by atoms with Crippen molar-refractivity contribution in [1.29, 1.82) is 0 Å². The van der Waals surface area contributed by atoms with Gasteiger partial charge in [0.25, 0.3) is 5.56 Å². The van der Waals surface area contributed by atoms with E-state index >= 15 is 0 Å². The van der Waals surface area contributed by atoms with Gasteiger partial charge < -0.3 is 0 Å². The van der Waals surface area contributed by atoms with Crippen LogP contribution >= 0.6 is 11.3 Å². The van der Waals surface area contributed by atoms with Crippen LogP contribution in [0.1, 0.15) is 5.56 Å². The molecule has 2 aromatic heterocycles. The maximum absolute atomic E-state index is 12.8. The molecule has 0 spiro atoms. The zero-order valence-corrected chi connectivity index (χ0v) is 10.2. The van der Waals surface area contributed by atoms with Crippen molar-refractivity contribution < 1.29 is 4.39 Å². The third kappa shape index (κ3) is 1.93. The minimum absolute atomic E-state index is 0.0643. The molecule has 3 aromatic rings. The molecular formula is C13H9FN2OS. The first kappa shape index (κ1) is 11.1. The van der Waals surface area contributed by atoms with Crippen molar-refractivity contribution in [2.24, 2.45) is 0 Å². The van der Waals surface area contributed by atoms with Gasteiger partial charge in [-0.15, -0.1) is 11.3 Å². The van der Waals surface area contributed by atoms with E-state index in [1.165, 1.54) is 34.4 Å². The number of thiophene rings is 1. The Labute approximate surface area is 106 Å². The Morgan fingerprint density at radius 3 is 2.78 bits per heavy atom. The highest BCUT2D eigenvalue weighted by molar-refractivity contribution is 7.16. The summed E-state index contributed by atoms with van der Waals surface area (Å²) in [6.07, 6.45) is 1.53. The summed E-state index contributed by atoms with van der Waals surface area (Å²) in [5, 5.41) is 2.48. The predicted octanol–water partition coefficient (Wildman–Crippen LogP) is 2.65. The predicted molar refractivity (Wildman–Crippen MR) is 69.4 cm³/mol. The molecule has 0 aliphatic carbocycles. The third-order valence-corrected chi connectivity index (χ3v) is 3.54. The Hall–Kier alpha value is -2.01. The maximum atomic E-state index is 12.8. The van der Waals surface area contributed by atoms with Gasteiger partial charge in [-0.1, -0.05) is 12.1 Å². The second kappa shape index (κ2) is 4.34. The molecule has 0 N–H and O–H groups in total. The van der Waals surface area contributed by atoms with Crippen molar-refractivity contribution in [3.63, 3.8) is 0 Å². The van der Waals surface area contributed by atoms with Gasteiger partial charge in [0.15, 0.2) is 0 Å². The van der Waals surface area contributed by atoms with Crippen molar-refractivity contribution in [2.45, 2.75) is 6.54 Å². The number of benzene rings is 1. The lowest BCUT2D eigenvalue weighted by Crippen LogP contribution is -2.20. The molecule has 0 atom stereocenters. The second-order valence-corrected chi connectivity index (χ2v) is 4.84. The summed E-state index contributed by atoms with van der Waals surface area (Å²) < 4.78 is 14.3. The van der Waals surface area contributed by atoms with Gasteiger partial charge in [0.2, 0.25) is 0 Å². The molecule has 0 bridgehead atoms. The first-order valence-electron chi connectivity index (χ1n) is 5.41. The molecule has 0 radical (unpaired) electrons. The first-order chi connectivity index (χ1) is 8.74. The SMILES string of the molecule is O=c1c2ccsc2ncn1Cc1ccc(F)cc1. The van der Waals surface area contributed by atoms with Crippen LogP contribution in [0.2, 0.25) is 0 Å². The molecule has 0 fully saturated rings. The number of halogens is 1. The van der Waals surface area contributed by atoms with E-state index in [1.54, 1.807) is 18.2 Å². The highest BCUT2D eigenvalue weighted by atomic mass is 32.1. The smallest absolute Gasteiger partial charge is 0.262 e. The maximum Gasteiger partial charge on any atom is 0.262 e. The fraction of sp³-hybridized carbons (Fsp3) is 0.0769. The number of hydrogen-bond acceptors (Lipinski definition) is 3. The quantitative estimate of drug-likeness (QED) is 0.710. The van der Waals surface area contributed by atoms with Crippen LogP contribution in [0.5, 0.6) is 0 Å². The molecule has 3 nitrogen and oxygen atoms in total. The minimum Gasteiger partial charge on any atom is -0.294 e. The Morgan fingerprint density at radius 1 is 1.22 bits per heavy atom. The number of hydrogen-bond donors (Lipinski definition) is 0. The lowest BCUT2D eigenvalue weighted by Gasteiger charge is -2.05. The zero-order valence-electron chi connectivity index (χ0n) is 9.34. The van der Waals surface area contributed by atoms with Crippen molar-refractivity contribution in [3.05, 3.63) is 63.8 Å². The van der Waals surface area contributed by atoms with E-state index in [1.807, 2.05) is 5.38 Å². The average molecular weight is 260 g/mol. The van der Waals surface area contributed by atoms with Crippen LogP contribution in [0.4, 0.5) is 4.39 Å². The highest BCUT2D eigenvalue weighted by Gasteiger charge is 2.05. The average Bonchev–Trinajstić information content (AvgIpc) is 2.84. The number of fused-ring (bicyclic) bond motifs is 1. The van der Waals surface area contributed by atoms with Gasteiger partial charge in [0.05, 0.1) is 18.3 Å². The Morgan fingerprint density at radius 2 is 2.00 bits per heavy atom. The van der Waals surface area contributed by atoms with Crippen molar-refractivity contribution in [2.75, 3.05) is 0 Å². The largest absolute Gasteiger partial charge is 0.294 e. The van der Waals surface area contributed by atoms with Gasteiger partial charge >= 0.3 is 0 Å². The number of aromatic nitrogens is 2. The van der Waals surface area contributed by atoms with Crippen LogP contribution in [0, 0.1) is 5.82 Å². The second-order valence-electron chi connectivity index (χ2n) is 3.94. The monoisotopic (exact) mass is 260 g/mol. The molecule has 0 amide bonds. The van der Waals surface area contributed by atoms with Crippen molar-refractivity contribution >= 4 is 21.6 Å². The standard InChI is InChI=1S/C13H9FN2OS/c14-10-3-1-9(2-4-10)7-16-8-15-12-11(13(16)17)5-6-18-12/h1-6,8H,7H2. The van der Waals surface area contributed by atoms with E-state index in [4.69, 9.17) is 0 Å². The van der Waals surface area contributed by atoms with Gasteiger partial charge in [-0.2, -0.15) is 0 Å². The Balaban J connectivity index is 2.02. The van der Waals surface area contributed by atoms with Crippen LogP contribution in [0.15, 0.2) is 46.8 Å². The molecular weight excluding hydrogens is 251 g/mol. The topological polar surface area (TPSA) is 34.9 Å². The molecule has 3 rings (SSSR count). The van der Waals surface area contributed by atoms with E-state index in [2.05, 4.69) is 4.98 Å². The van der Waals surface area contributed by atoms with Crippen LogP contribution < -0.4 is 5.56 Å². The molecule has 0 saturated heterocycles. The minimum atomic E-state index is -0.280.